The van der Waals surface area contributed by atoms with Gasteiger partial charge in [-0.05, 0) is 52.9 Å². The van der Waals surface area contributed by atoms with Gasteiger partial charge in [-0.2, -0.15) is 0 Å². The number of carbonyl (C=O) groups is 2. The molecule has 0 amide bonds. The van der Waals surface area contributed by atoms with Crippen molar-refractivity contribution in [3.63, 3.8) is 0 Å². The third kappa shape index (κ3) is 9.71. The van der Waals surface area contributed by atoms with Crippen LogP contribution in [-0.4, -0.2) is 52.6 Å². The zero-order valence-electron chi connectivity index (χ0n) is 27.0. The molecule has 4 rings (SSSR count). The van der Waals surface area contributed by atoms with Gasteiger partial charge in [-0.1, -0.05) is 88.2 Å². The van der Waals surface area contributed by atoms with E-state index < -0.39 is 18.2 Å². The van der Waals surface area contributed by atoms with E-state index in [9.17, 15) is 9.59 Å². The van der Waals surface area contributed by atoms with Crippen LogP contribution >= 0.6 is 0 Å². The Kier molecular flexibility index (Phi) is 13.3. The Hall–Kier alpha value is -4.08. The van der Waals surface area contributed by atoms with Crippen LogP contribution in [0.4, 0.5) is 0 Å². The Morgan fingerprint density at radius 3 is 1.80 bits per heavy atom. The zero-order chi connectivity index (χ0) is 32.9. The summed E-state index contributed by atoms with van der Waals surface area (Å²) >= 11 is 0. The molecular weight excluding hydrogens is 584 g/mol. The van der Waals surface area contributed by atoms with E-state index in [0.717, 1.165) is 34.2 Å². The van der Waals surface area contributed by atoms with Crippen molar-refractivity contribution in [3.8, 4) is 33.8 Å². The first kappa shape index (κ1) is 34.8. The molecule has 0 radical (unpaired) electrons. The van der Waals surface area contributed by atoms with Crippen LogP contribution in [0.3, 0.4) is 0 Å². The van der Waals surface area contributed by atoms with E-state index in [2.05, 4.69) is 20.1 Å². The van der Waals surface area contributed by atoms with E-state index >= 15 is 0 Å². The number of rotatable bonds is 16. The van der Waals surface area contributed by atoms with Gasteiger partial charge in [-0.3, -0.25) is 0 Å². The first-order chi connectivity index (χ1) is 22.3. The van der Waals surface area contributed by atoms with E-state index in [1.54, 1.807) is 24.3 Å². The molecule has 1 heterocycles. The summed E-state index contributed by atoms with van der Waals surface area (Å²) in [6, 6.07) is 20.9. The van der Waals surface area contributed by atoms with E-state index in [1.165, 1.54) is 39.9 Å². The third-order valence-corrected chi connectivity index (χ3v) is 7.73. The van der Waals surface area contributed by atoms with E-state index in [4.69, 9.17) is 28.4 Å². The van der Waals surface area contributed by atoms with Crippen molar-refractivity contribution in [2.45, 2.75) is 45.3 Å². The van der Waals surface area contributed by atoms with Crippen molar-refractivity contribution in [2.24, 2.45) is 5.92 Å². The first-order valence-electron chi connectivity index (χ1n) is 15.7. The molecule has 1 saturated heterocycles. The van der Waals surface area contributed by atoms with Gasteiger partial charge in [0, 0.05) is 25.7 Å². The lowest BCUT2D eigenvalue weighted by atomic mass is 9.95. The molecule has 0 aliphatic carbocycles. The van der Waals surface area contributed by atoms with Gasteiger partial charge in [0.2, 0.25) is 0 Å². The molecule has 1 fully saturated rings. The quantitative estimate of drug-likeness (QED) is 0.0685. The van der Waals surface area contributed by atoms with Crippen LogP contribution in [0.2, 0.25) is 0 Å². The van der Waals surface area contributed by atoms with Gasteiger partial charge in [0.25, 0.3) is 0 Å². The minimum Gasteiger partial charge on any atom is -0.423 e. The normalized spacial score (nSPS) is 16.1. The topological polar surface area (TPSA) is 89.5 Å². The SMILES string of the molecule is C=C(COC)C(=O)Oc1ccc(-c2ccc(-c3ccc(OC(=O)C(=C)COC)cc3C3OCC(CCCCCC)CO3)cc2)cc1. The summed E-state index contributed by atoms with van der Waals surface area (Å²) in [7, 11) is 3.00. The summed E-state index contributed by atoms with van der Waals surface area (Å²) in [5.41, 5.74) is 5.07. The molecular formula is C38H44O8. The largest absolute Gasteiger partial charge is 0.423 e. The Balaban J connectivity index is 1.52. The highest BCUT2D eigenvalue weighted by molar-refractivity contribution is 5.90. The summed E-state index contributed by atoms with van der Waals surface area (Å²) in [4.78, 5) is 24.7. The average molecular weight is 629 g/mol. The smallest absolute Gasteiger partial charge is 0.341 e. The molecule has 0 saturated carbocycles. The van der Waals surface area contributed by atoms with Crippen molar-refractivity contribution in [1.29, 1.82) is 0 Å². The number of benzene rings is 3. The molecule has 1 aliphatic rings. The molecule has 3 aromatic carbocycles. The lowest BCUT2D eigenvalue weighted by molar-refractivity contribution is -0.205. The zero-order valence-corrected chi connectivity index (χ0v) is 27.0. The first-order valence-corrected chi connectivity index (χ1v) is 15.7. The fraction of sp³-hybridized carbons (Fsp3) is 0.368. The highest BCUT2D eigenvalue weighted by Crippen LogP contribution is 2.37. The molecule has 1 aliphatic heterocycles. The molecule has 244 valence electrons. The minimum atomic E-state index is -0.599. The molecule has 0 N–H and O–H groups in total. The Morgan fingerprint density at radius 1 is 0.717 bits per heavy atom. The van der Waals surface area contributed by atoms with Crippen LogP contribution in [0.1, 0.15) is 50.9 Å². The van der Waals surface area contributed by atoms with Crippen LogP contribution in [-0.2, 0) is 28.5 Å². The fourth-order valence-corrected chi connectivity index (χ4v) is 5.19. The number of esters is 2. The molecule has 0 spiro atoms. The molecule has 0 atom stereocenters. The summed E-state index contributed by atoms with van der Waals surface area (Å²) < 4.78 is 33.5. The highest BCUT2D eigenvalue weighted by Gasteiger charge is 2.26. The standard InChI is InChI=1S/C38H44O8/c1-6-7-8-9-10-28-24-43-38(44-25-28)35-21-33(46-37(40)27(3)23-42-5)19-20-34(35)31-13-11-29(12-14-31)30-15-17-32(18-16-30)45-36(39)26(2)22-41-4/h11-21,28,38H,2-3,6-10,22-25H2,1,4-5H3. The fourth-order valence-electron chi connectivity index (χ4n) is 5.19. The van der Waals surface area contributed by atoms with Crippen LogP contribution in [0, 0.1) is 5.92 Å². The third-order valence-electron chi connectivity index (χ3n) is 7.73. The van der Waals surface area contributed by atoms with Crippen LogP contribution < -0.4 is 9.47 Å². The second-order valence-electron chi connectivity index (χ2n) is 11.4. The number of hydrogen-bond acceptors (Lipinski definition) is 8. The maximum Gasteiger partial charge on any atom is 0.341 e. The Morgan fingerprint density at radius 2 is 1.24 bits per heavy atom. The Labute approximate surface area is 271 Å². The summed E-state index contributed by atoms with van der Waals surface area (Å²) in [5.74, 6) is 0.0769. The van der Waals surface area contributed by atoms with E-state index in [0.29, 0.717) is 30.6 Å². The van der Waals surface area contributed by atoms with Crippen LogP contribution in [0.5, 0.6) is 11.5 Å². The molecule has 0 unspecified atom stereocenters. The molecule has 8 heteroatoms. The van der Waals surface area contributed by atoms with Crippen molar-refractivity contribution in [1.82, 2.24) is 0 Å². The van der Waals surface area contributed by atoms with E-state index in [-0.39, 0.29) is 24.4 Å². The molecule has 8 nitrogen and oxygen atoms in total. The van der Waals surface area contributed by atoms with Crippen molar-refractivity contribution >= 4 is 11.9 Å². The molecule has 0 aromatic heterocycles. The van der Waals surface area contributed by atoms with Gasteiger partial charge < -0.3 is 28.4 Å². The lowest BCUT2D eigenvalue weighted by Crippen LogP contribution is -2.27. The second kappa shape index (κ2) is 17.6. The predicted octanol–water partition coefficient (Wildman–Crippen LogP) is 7.87. The van der Waals surface area contributed by atoms with E-state index in [1.807, 2.05) is 42.5 Å². The van der Waals surface area contributed by atoms with Gasteiger partial charge in [0.1, 0.15) is 11.5 Å². The number of unbranched alkanes of at least 4 members (excludes halogenated alkanes) is 3. The summed E-state index contributed by atoms with van der Waals surface area (Å²) in [6.45, 7) is 11.1. The number of methoxy groups -OCH3 is 2. The van der Waals surface area contributed by atoms with Gasteiger partial charge in [-0.25, -0.2) is 9.59 Å². The van der Waals surface area contributed by atoms with Gasteiger partial charge in [0.05, 0.1) is 37.6 Å². The monoisotopic (exact) mass is 628 g/mol. The highest BCUT2D eigenvalue weighted by atomic mass is 16.7. The van der Waals surface area contributed by atoms with Crippen molar-refractivity contribution < 1.29 is 38.0 Å². The van der Waals surface area contributed by atoms with Crippen LogP contribution in [0.25, 0.3) is 22.3 Å². The maximum absolute atomic E-state index is 12.5. The summed E-state index contributed by atoms with van der Waals surface area (Å²) in [5, 5.41) is 0. The minimum absolute atomic E-state index is 0.0859. The van der Waals surface area contributed by atoms with Crippen molar-refractivity contribution in [2.75, 3.05) is 40.6 Å². The summed E-state index contributed by atoms with van der Waals surface area (Å²) in [6.07, 6.45) is 5.32. The van der Waals surface area contributed by atoms with Gasteiger partial charge in [-0.15, -0.1) is 0 Å². The van der Waals surface area contributed by atoms with Crippen LogP contribution in [0.15, 0.2) is 91.0 Å². The maximum atomic E-state index is 12.5. The number of ether oxygens (including phenoxy) is 6. The molecule has 3 aromatic rings. The molecule has 0 bridgehead atoms. The van der Waals surface area contributed by atoms with Gasteiger partial charge in [0.15, 0.2) is 6.29 Å². The second-order valence-corrected chi connectivity index (χ2v) is 11.4. The number of hydrogen-bond donors (Lipinski definition) is 0. The lowest BCUT2D eigenvalue weighted by Gasteiger charge is -2.31. The van der Waals surface area contributed by atoms with Crippen molar-refractivity contribution in [3.05, 3.63) is 96.6 Å². The molecule has 46 heavy (non-hydrogen) atoms. The number of carbonyl (C=O) groups excluding carboxylic acids is 2. The average Bonchev–Trinajstić information content (AvgIpc) is 3.07. The Bertz CT molecular complexity index is 1470. The predicted molar refractivity (Wildman–Crippen MR) is 178 cm³/mol. The van der Waals surface area contributed by atoms with Gasteiger partial charge >= 0.3 is 11.9 Å².